The Morgan fingerprint density at radius 3 is 2.36 bits per heavy atom. The molecular weight excluding hydrogens is 620 g/mol. The standard InChI is InChI=1S/C33H40Cl2FN5O4/c1-5-17(3)27(30(37)43)40-32(45)33(11-10-25-23(16-33)22-14-20(34)15-24(35)29(22)38-25)41-31(44)28(18(4)6-2)39-26(42)13-19-8-7-9-21(36)12-19/h7-9,12,14-15,17-18,27-28,38H,5-6,10-11,13,16H2,1-4H3,(H2,37,43)(H,39,42)(H,40,45)(H,41,44). The Kier molecular flexibility index (Phi) is 10.8. The topological polar surface area (TPSA) is 146 Å². The van der Waals surface area contributed by atoms with Gasteiger partial charge in [0.05, 0.1) is 17.0 Å². The summed E-state index contributed by atoms with van der Waals surface area (Å²) < 4.78 is 13.7. The van der Waals surface area contributed by atoms with Gasteiger partial charge in [-0.1, -0.05) is 75.9 Å². The molecule has 1 heterocycles. The Hall–Kier alpha value is -3.63. The van der Waals surface area contributed by atoms with Gasteiger partial charge in [0.1, 0.15) is 23.4 Å². The van der Waals surface area contributed by atoms with Crippen LogP contribution in [0, 0.1) is 17.7 Å². The Balaban J connectivity index is 1.70. The third kappa shape index (κ3) is 7.61. The molecule has 6 N–H and O–H groups in total. The lowest BCUT2D eigenvalue weighted by Crippen LogP contribution is -2.67. The lowest BCUT2D eigenvalue weighted by molar-refractivity contribution is -0.138. The van der Waals surface area contributed by atoms with Crippen LogP contribution < -0.4 is 21.7 Å². The number of carbonyl (C=O) groups is 4. The smallest absolute Gasteiger partial charge is 0.246 e. The number of H-pyrrole nitrogens is 1. The van der Waals surface area contributed by atoms with Crippen LogP contribution in [0.2, 0.25) is 10.0 Å². The number of benzene rings is 2. The molecule has 0 fully saturated rings. The molecule has 1 aliphatic rings. The molecule has 0 spiro atoms. The van der Waals surface area contributed by atoms with E-state index >= 15 is 0 Å². The first kappa shape index (κ1) is 34.2. The van der Waals surface area contributed by atoms with Gasteiger partial charge in [0, 0.05) is 22.5 Å². The highest BCUT2D eigenvalue weighted by Gasteiger charge is 2.46. The number of aromatic nitrogens is 1. The number of rotatable bonds is 12. The van der Waals surface area contributed by atoms with Crippen molar-refractivity contribution < 1.29 is 23.6 Å². The van der Waals surface area contributed by atoms with Crippen LogP contribution in [0.5, 0.6) is 0 Å². The van der Waals surface area contributed by atoms with E-state index in [1.54, 1.807) is 18.2 Å². The zero-order valence-electron chi connectivity index (χ0n) is 25.9. The van der Waals surface area contributed by atoms with Gasteiger partial charge >= 0.3 is 0 Å². The molecule has 0 saturated heterocycles. The van der Waals surface area contributed by atoms with Crippen molar-refractivity contribution >= 4 is 57.7 Å². The van der Waals surface area contributed by atoms with Crippen LogP contribution in [-0.2, 0) is 38.4 Å². The third-order valence-electron chi connectivity index (χ3n) is 8.97. The Bertz CT molecular complexity index is 1610. The van der Waals surface area contributed by atoms with Gasteiger partial charge in [-0.2, -0.15) is 0 Å². The fraction of sp³-hybridized carbons (Fsp3) is 0.455. The fourth-order valence-electron chi connectivity index (χ4n) is 5.91. The number of primary amides is 1. The van der Waals surface area contributed by atoms with Crippen molar-refractivity contribution in [2.75, 3.05) is 0 Å². The summed E-state index contributed by atoms with van der Waals surface area (Å²) in [6.45, 7) is 7.42. The van der Waals surface area contributed by atoms with E-state index in [0.717, 1.165) is 16.6 Å². The molecular formula is C33H40Cl2FN5O4. The van der Waals surface area contributed by atoms with Gasteiger partial charge in [-0.3, -0.25) is 19.2 Å². The first-order chi connectivity index (χ1) is 21.3. The molecule has 1 aliphatic carbocycles. The van der Waals surface area contributed by atoms with E-state index < -0.39 is 47.1 Å². The minimum atomic E-state index is -1.49. The van der Waals surface area contributed by atoms with E-state index in [0.29, 0.717) is 40.4 Å². The van der Waals surface area contributed by atoms with Gasteiger partial charge in [0.25, 0.3) is 0 Å². The van der Waals surface area contributed by atoms with Crippen LogP contribution in [0.15, 0.2) is 36.4 Å². The monoisotopic (exact) mass is 659 g/mol. The van der Waals surface area contributed by atoms with Crippen LogP contribution in [-0.4, -0.2) is 46.2 Å². The minimum absolute atomic E-state index is 0.0764. The third-order valence-corrected chi connectivity index (χ3v) is 9.49. The first-order valence-electron chi connectivity index (χ1n) is 15.2. The number of nitrogens with two attached hydrogens (primary N) is 1. The average Bonchev–Trinajstić information content (AvgIpc) is 3.35. The maximum atomic E-state index is 14.2. The number of fused-ring (bicyclic) bond motifs is 3. The summed E-state index contributed by atoms with van der Waals surface area (Å²) in [5, 5.41) is 10.2. The molecule has 5 atom stereocenters. The number of carbonyl (C=O) groups excluding carboxylic acids is 4. The lowest BCUT2D eigenvalue weighted by atomic mass is 9.78. The molecule has 3 aromatic rings. The van der Waals surface area contributed by atoms with E-state index in [-0.39, 0.29) is 31.1 Å². The van der Waals surface area contributed by atoms with Crippen molar-refractivity contribution in [2.24, 2.45) is 17.6 Å². The number of aryl methyl sites for hydroxylation is 1. The molecule has 45 heavy (non-hydrogen) atoms. The Labute approximate surface area is 272 Å². The van der Waals surface area contributed by atoms with E-state index in [1.165, 1.54) is 18.2 Å². The van der Waals surface area contributed by atoms with E-state index in [2.05, 4.69) is 20.9 Å². The van der Waals surface area contributed by atoms with Crippen LogP contribution in [0.4, 0.5) is 4.39 Å². The van der Waals surface area contributed by atoms with Gasteiger partial charge in [0.15, 0.2) is 0 Å². The SMILES string of the molecule is CCC(C)C(NC(=O)C1(NC(=O)C(NC(=O)Cc2cccc(F)c2)C(C)CC)CCc2[nH]c3c(Cl)cc(Cl)cc3c2C1)C(N)=O. The lowest BCUT2D eigenvalue weighted by Gasteiger charge is -2.39. The van der Waals surface area contributed by atoms with Crippen molar-refractivity contribution in [3.8, 4) is 0 Å². The molecule has 0 bridgehead atoms. The summed E-state index contributed by atoms with van der Waals surface area (Å²) in [5.74, 6) is -3.26. The Morgan fingerprint density at radius 1 is 1.02 bits per heavy atom. The second-order valence-electron chi connectivity index (χ2n) is 12.1. The maximum absolute atomic E-state index is 14.2. The number of hydrogen-bond acceptors (Lipinski definition) is 4. The summed E-state index contributed by atoms with van der Waals surface area (Å²) in [7, 11) is 0. The summed E-state index contributed by atoms with van der Waals surface area (Å²) >= 11 is 12.8. The number of hydrogen-bond donors (Lipinski definition) is 5. The molecule has 5 unspecified atom stereocenters. The van der Waals surface area contributed by atoms with Crippen LogP contribution in [0.3, 0.4) is 0 Å². The van der Waals surface area contributed by atoms with Crippen LogP contribution in [0.25, 0.3) is 10.9 Å². The molecule has 242 valence electrons. The van der Waals surface area contributed by atoms with Crippen molar-refractivity contribution in [3.63, 3.8) is 0 Å². The highest BCUT2D eigenvalue weighted by Crippen LogP contribution is 2.38. The molecule has 0 radical (unpaired) electrons. The van der Waals surface area contributed by atoms with Crippen molar-refractivity contribution in [1.29, 1.82) is 0 Å². The number of halogens is 3. The van der Waals surface area contributed by atoms with Crippen molar-refractivity contribution in [3.05, 3.63) is 69.1 Å². The highest BCUT2D eigenvalue weighted by molar-refractivity contribution is 6.38. The highest BCUT2D eigenvalue weighted by atomic mass is 35.5. The quantitative estimate of drug-likeness (QED) is 0.191. The predicted octanol–water partition coefficient (Wildman–Crippen LogP) is 4.75. The van der Waals surface area contributed by atoms with Crippen molar-refractivity contribution in [1.82, 2.24) is 20.9 Å². The summed E-state index contributed by atoms with van der Waals surface area (Å²) in [6.07, 6.45) is 1.68. The molecule has 4 amide bonds. The van der Waals surface area contributed by atoms with Crippen molar-refractivity contribution in [2.45, 2.75) is 83.8 Å². The number of nitrogens with one attached hydrogen (secondary N) is 4. The van der Waals surface area contributed by atoms with Gasteiger partial charge < -0.3 is 26.7 Å². The summed E-state index contributed by atoms with van der Waals surface area (Å²) in [6, 6.07) is 7.14. The summed E-state index contributed by atoms with van der Waals surface area (Å²) in [4.78, 5) is 57.1. The normalized spacial score (nSPS) is 18.7. The van der Waals surface area contributed by atoms with E-state index in [9.17, 15) is 23.6 Å². The largest absolute Gasteiger partial charge is 0.368 e. The fourth-order valence-corrected chi connectivity index (χ4v) is 6.45. The second kappa shape index (κ2) is 14.2. The maximum Gasteiger partial charge on any atom is 0.246 e. The number of amides is 4. The molecule has 2 aromatic carbocycles. The molecule has 0 saturated carbocycles. The van der Waals surface area contributed by atoms with Gasteiger partial charge in [-0.15, -0.1) is 0 Å². The Morgan fingerprint density at radius 2 is 1.71 bits per heavy atom. The zero-order chi connectivity index (χ0) is 33.1. The molecule has 4 rings (SSSR count). The second-order valence-corrected chi connectivity index (χ2v) is 13.0. The van der Waals surface area contributed by atoms with Gasteiger partial charge in [-0.05, 0) is 60.1 Å². The molecule has 9 nitrogen and oxygen atoms in total. The average molecular weight is 661 g/mol. The zero-order valence-corrected chi connectivity index (χ0v) is 27.4. The van der Waals surface area contributed by atoms with Gasteiger partial charge in [-0.25, -0.2) is 4.39 Å². The number of aromatic amines is 1. The predicted molar refractivity (Wildman–Crippen MR) is 173 cm³/mol. The molecule has 0 aliphatic heterocycles. The minimum Gasteiger partial charge on any atom is -0.368 e. The van der Waals surface area contributed by atoms with Crippen LogP contribution in [0.1, 0.15) is 63.8 Å². The summed E-state index contributed by atoms with van der Waals surface area (Å²) in [5.41, 5.74) is 6.97. The van der Waals surface area contributed by atoms with E-state index in [4.69, 9.17) is 28.9 Å². The van der Waals surface area contributed by atoms with Crippen LogP contribution >= 0.6 is 23.2 Å². The first-order valence-corrected chi connectivity index (χ1v) is 16.0. The molecule has 12 heteroatoms. The van der Waals surface area contributed by atoms with E-state index in [1.807, 2.05) is 27.7 Å². The van der Waals surface area contributed by atoms with Gasteiger partial charge in [0.2, 0.25) is 23.6 Å². The molecule has 1 aromatic heterocycles.